The number of amides is 1. The van der Waals surface area contributed by atoms with Gasteiger partial charge in [0.15, 0.2) is 0 Å². The van der Waals surface area contributed by atoms with Crippen molar-refractivity contribution in [2.45, 2.75) is 19.2 Å². The molecule has 1 aromatic carbocycles. The molecule has 1 saturated heterocycles. The van der Waals surface area contributed by atoms with Crippen LogP contribution in [0.15, 0.2) is 34.9 Å². The number of hydrogen-bond donors (Lipinski definition) is 0. The largest absolute Gasteiger partial charge is 0.361 e. The Balaban J connectivity index is 1.91. The van der Waals surface area contributed by atoms with Gasteiger partial charge in [0.2, 0.25) is 0 Å². The molecule has 0 radical (unpaired) electrons. The number of carbonyl (C=O) groups is 1. The number of nitrogens with zero attached hydrogens (tertiary/aromatic N) is 2. The normalized spacial score (nSPS) is 18.5. The maximum atomic E-state index is 12.7. The Morgan fingerprint density at radius 1 is 1.35 bits per heavy atom. The lowest BCUT2D eigenvalue weighted by Crippen LogP contribution is -2.31. The molecule has 0 aliphatic carbocycles. The van der Waals surface area contributed by atoms with Crippen LogP contribution in [0, 0.1) is 13.8 Å². The van der Waals surface area contributed by atoms with Gasteiger partial charge in [0.05, 0.1) is 5.69 Å². The molecule has 2 aromatic rings. The van der Waals surface area contributed by atoms with Crippen LogP contribution >= 0.6 is 11.8 Å². The monoisotopic (exact) mass is 288 g/mol. The zero-order valence-electron chi connectivity index (χ0n) is 11.5. The average molecular weight is 288 g/mol. The van der Waals surface area contributed by atoms with Crippen LogP contribution in [0.5, 0.6) is 0 Å². The van der Waals surface area contributed by atoms with E-state index < -0.39 is 0 Å². The van der Waals surface area contributed by atoms with Crippen LogP contribution < -0.4 is 0 Å². The molecule has 104 valence electrons. The first kappa shape index (κ1) is 13.2. The van der Waals surface area contributed by atoms with E-state index in [0.717, 1.165) is 17.9 Å². The molecule has 1 amide bonds. The van der Waals surface area contributed by atoms with Gasteiger partial charge in [-0.15, -0.1) is 11.8 Å². The van der Waals surface area contributed by atoms with Gasteiger partial charge in [-0.25, -0.2) is 0 Å². The summed E-state index contributed by atoms with van der Waals surface area (Å²) in [4.78, 5) is 14.7. The number of aryl methyl sites for hydroxylation is 2. The molecule has 1 unspecified atom stereocenters. The molecular weight excluding hydrogens is 272 g/mol. The van der Waals surface area contributed by atoms with Crippen molar-refractivity contribution >= 4 is 17.7 Å². The minimum Gasteiger partial charge on any atom is -0.361 e. The summed E-state index contributed by atoms with van der Waals surface area (Å²) in [5, 5.41) is 3.96. The molecule has 2 heterocycles. The molecule has 3 rings (SSSR count). The highest BCUT2D eigenvalue weighted by atomic mass is 32.2. The van der Waals surface area contributed by atoms with Gasteiger partial charge in [-0.2, -0.15) is 0 Å². The molecule has 20 heavy (non-hydrogen) atoms. The maximum absolute atomic E-state index is 12.7. The van der Waals surface area contributed by atoms with Crippen LogP contribution in [0.3, 0.4) is 0 Å². The number of carbonyl (C=O) groups excluding carboxylic acids is 1. The summed E-state index contributed by atoms with van der Waals surface area (Å²) >= 11 is 1.79. The van der Waals surface area contributed by atoms with Crippen molar-refractivity contribution < 1.29 is 9.32 Å². The van der Waals surface area contributed by atoms with Crippen LogP contribution in [-0.2, 0) is 0 Å². The molecule has 0 saturated carbocycles. The summed E-state index contributed by atoms with van der Waals surface area (Å²) in [6.45, 7) is 4.35. The quantitative estimate of drug-likeness (QED) is 0.851. The van der Waals surface area contributed by atoms with Crippen LogP contribution in [0.1, 0.15) is 32.7 Å². The Hall–Kier alpha value is -1.75. The van der Waals surface area contributed by atoms with Gasteiger partial charge in [-0.3, -0.25) is 4.79 Å². The molecule has 0 N–H and O–H groups in total. The van der Waals surface area contributed by atoms with Crippen molar-refractivity contribution in [1.29, 1.82) is 0 Å². The molecular formula is C15H16N2O2S. The molecule has 4 nitrogen and oxygen atoms in total. The smallest absolute Gasteiger partial charge is 0.260 e. The van der Waals surface area contributed by atoms with E-state index in [1.54, 1.807) is 18.7 Å². The molecule has 1 aliphatic rings. The van der Waals surface area contributed by atoms with Crippen molar-refractivity contribution in [1.82, 2.24) is 10.1 Å². The minimum atomic E-state index is 0.0140. The molecule has 0 spiro atoms. The van der Waals surface area contributed by atoms with Gasteiger partial charge in [-0.05, 0) is 19.4 Å². The van der Waals surface area contributed by atoms with Crippen molar-refractivity contribution in [3.8, 4) is 0 Å². The summed E-state index contributed by atoms with van der Waals surface area (Å²) in [5.41, 5.74) is 2.43. The number of aromatic nitrogens is 1. The van der Waals surface area contributed by atoms with E-state index in [1.165, 1.54) is 0 Å². The van der Waals surface area contributed by atoms with Gasteiger partial charge in [0.25, 0.3) is 5.91 Å². The van der Waals surface area contributed by atoms with Crippen LogP contribution in [0.4, 0.5) is 0 Å². The zero-order chi connectivity index (χ0) is 14.1. The number of thioether (sulfide) groups is 1. The average Bonchev–Trinajstić information content (AvgIpc) is 3.07. The van der Waals surface area contributed by atoms with Crippen molar-refractivity contribution in [2.75, 3.05) is 12.3 Å². The Bertz CT molecular complexity index is 605. The third kappa shape index (κ3) is 2.22. The van der Waals surface area contributed by atoms with Crippen molar-refractivity contribution in [3.05, 3.63) is 52.9 Å². The first-order chi connectivity index (χ1) is 9.68. The number of hydrogen-bond acceptors (Lipinski definition) is 4. The first-order valence-corrected chi connectivity index (χ1v) is 7.63. The first-order valence-electron chi connectivity index (χ1n) is 6.59. The van der Waals surface area contributed by atoms with E-state index in [4.69, 9.17) is 4.52 Å². The maximum Gasteiger partial charge on any atom is 0.260 e. The lowest BCUT2D eigenvalue weighted by Gasteiger charge is -2.24. The fourth-order valence-corrected chi connectivity index (χ4v) is 3.76. The molecule has 0 bridgehead atoms. The summed E-state index contributed by atoms with van der Waals surface area (Å²) in [7, 11) is 0. The van der Waals surface area contributed by atoms with E-state index in [2.05, 4.69) is 17.3 Å². The highest BCUT2D eigenvalue weighted by molar-refractivity contribution is 7.99. The Morgan fingerprint density at radius 3 is 2.75 bits per heavy atom. The lowest BCUT2D eigenvalue weighted by atomic mass is 10.1. The molecule has 1 aromatic heterocycles. The standard InChI is InChI=1S/C15H16N2O2S/c1-10-13(11(2)19-16-10)14(18)17-8-9-20-15(17)12-6-4-3-5-7-12/h3-7,15H,8-9H2,1-2H3. The molecule has 1 atom stereocenters. The van der Waals surface area contributed by atoms with E-state index in [1.807, 2.05) is 30.0 Å². The Kier molecular flexibility index (Phi) is 3.53. The molecule has 5 heteroatoms. The van der Waals surface area contributed by atoms with E-state index >= 15 is 0 Å². The van der Waals surface area contributed by atoms with E-state index in [-0.39, 0.29) is 11.3 Å². The summed E-state index contributed by atoms with van der Waals surface area (Å²) in [6, 6.07) is 10.1. The Morgan fingerprint density at radius 2 is 2.10 bits per heavy atom. The topological polar surface area (TPSA) is 46.3 Å². The van der Waals surface area contributed by atoms with Gasteiger partial charge in [-0.1, -0.05) is 35.5 Å². The van der Waals surface area contributed by atoms with Crippen molar-refractivity contribution in [3.63, 3.8) is 0 Å². The van der Waals surface area contributed by atoms with Gasteiger partial charge >= 0.3 is 0 Å². The summed E-state index contributed by atoms with van der Waals surface area (Å²) < 4.78 is 5.11. The lowest BCUT2D eigenvalue weighted by molar-refractivity contribution is 0.0758. The third-order valence-electron chi connectivity index (χ3n) is 3.48. The highest BCUT2D eigenvalue weighted by Gasteiger charge is 2.33. The second-order valence-corrected chi connectivity index (χ2v) is 6.02. The fourth-order valence-electron chi connectivity index (χ4n) is 2.50. The summed E-state index contributed by atoms with van der Waals surface area (Å²) in [5.74, 6) is 1.56. The van der Waals surface area contributed by atoms with E-state index in [0.29, 0.717) is 17.0 Å². The van der Waals surface area contributed by atoms with Crippen molar-refractivity contribution in [2.24, 2.45) is 0 Å². The van der Waals surface area contributed by atoms with Crippen LogP contribution in [0.2, 0.25) is 0 Å². The minimum absolute atomic E-state index is 0.0140. The van der Waals surface area contributed by atoms with Crippen LogP contribution in [0.25, 0.3) is 0 Å². The Labute approximate surface area is 122 Å². The predicted molar refractivity (Wildman–Crippen MR) is 78.7 cm³/mol. The van der Waals surface area contributed by atoms with E-state index in [9.17, 15) is 4.79 Å². The second-order valence-electron chi connectivity index (χ2n) is 4.83. The second kappa shape index (κ2) is 5.32. The SMILES string of the molecule is Cc1noc(C)c1C(=O)N1CCSC1c1ccccc1. The zero-order valence-corrected chi connectivity index (χ0v) is 12.3. The van der Waals surface area contributed by atoms with Gasteiger partial charge in [0, 0.05) is 12.3 Å². The third-order valence-corrected chi connectivity index (χ3v) is 4.74. The van der Waals surface area contributed by atoms with Gasteiger partial charge in [0.1, 0.15) is 16.7 Å². The molecule has 1 aliphatic heterocycles. The highest BCUT2D eigenvalue weighted by Crippen LogP contribution is 2.39. The summed E-state index contributed by atoms with van der Waals surface area (Å²) in [6.07, 6.45) is 0. The van der Waals surface area contributed by atoms with Crippen LogP contribution in [-0.4, -0.2) is 28.3 Å². The number of benzene rings is 1. The molecule has 1 fully saturated rings. The fraction of sp³-hybridized carbons (Fsp3) is 0.333. The van der Waals surface area contributed by atoms with Gasteiger partial charge < -0.3 is 9.42 Å². The number of rotatable bonds is 2. The predicted octanol–water partition coefficient (Wildman–Crippen LogP) is 3.18.